The Morgan fingerprint density at radius 1 is 1.00 bits per heavy atom. The fourth-order valence-corrected chi connectivity index (χ4v) is 2.78. The lowest BCUT2D eigenvalue weighted by atomic mass is 9.98. The van der Waals surface area contributed by atoms with E-state index in [1.807, 2.05) is 36.4 Å². The minimum Gasteiger partial charge on any atom is -0.493 e. The summed E-state index contributed by atoms with van der Waals surface area (Å²) < 4.78 is 11.2. The quantitative estimate of drug-likeness (QED) is 0.751. The molecule has 0 saturated carbocycles. The summed E-state index contributed by atoms with van der Waals surface area (Å²) in [6.45, 7) is 1.06. The summed E-state index contributed by atoms with van der Waals surface area (Å²) in [5, 5.41) is 0. The molecule has 2 aromatic rings. The maximum Gasteiger partial charge on any atom is 0.196 e. The highest BCUT2D eigenvalue weighted by atomic mass is 16.5. The van der Waals surface area contributed by atoms with Crippen LogP contribution in [0.4, 0.5) is 0 Å². The molecule has 2 aromatic carbocycles. The maximum atomic E-state index is 12.5. The second-order valence-electron chi connectivity index (χ2n) is 5.25. The molecular formula is C18H14O3. The van der Waals surface area contributed by atoms with Gasteiger partial charge in [0.15, 0.2) is 5.78 Å². The summed E-state index contributed by atoms with van der Waals surface area (Å²) in [4.78, 5) is 12.5. The predicted octanol–water partition coefficient (Wildman–Crippen LogP) is 3.28. The highest BCUT2D eigenvalue weighted by Crippen LogP contribution is 2.30. The van der Waals surface area contributed by atoms with Gasteiger partial charge in [0.05, 0.1) is 12.2 Å². The minimum absolute atomic E-state index is 0.0496. The molecule has 0 bridgehead atoms. The first-order valence-electron chi connectivity index (χ1n) is 7.04. The average molecular weight is 278 g/mol. The number of Topliss-reactive ketones (excluding diaryl/α,β-unsaturated/α-hetero) is 1. The predicted molar refractivity (Wildman–Crippen MR) is 79.9 cm³/mol. The van der Waals surface area contributed by atoms with Crippen molar-refractivity contribution in [1.29, 1.82) is 0 Å². The van der Waals surface area contributed by atoms with Gasteiger partial charge in [0.1, 0.15) is 18.1 Å². The normalized spacial score (nSPS) is 17.9. The van der Waals surface area contributed by atoms with Crippen molar-refractivity contribution in [3.63, 3.8) is 0 Å². The number of ether oxygens (including phenoxy) is 2. The number of hydrogen-bond acceptors (Lipinski definition) is 3. The molecule has 3 heteroatoms. The van der Waals surface area contributed by atoms with E-state index in [1.54, 1.807) is 6.07 Å². The van der Waals surface area contributed by atoms with Crippen molar-refractivity contribution >= 4 is 11.9 Å². The molecule has 2 aliphatic rings. The summed E-state index contributed by atoms with van der Waals surface area (Å²) in [7, 11) is 0. The Bertz CT molecular complexity index is 759. The molecule has 0 aliphatic carbocycles. The first-order valence-corrected chi connectivity index (χ1v) is 7.04. The topological polar surface area (TPSA) is 35.5 Å². The molecule has 2 heterocycles. The van der Waals surface area contributed by atoms with Crippen LogP contribution >= 0.6 is 0 Å². The minimum atomic E-state index is 0.0496. The van der Waals surface area contributed by atoms with E-state index in [2.05, 4.69) is 6.07 Å². The van der Waals surface area contributed by atoms with Crippen LogP contribution in [0.3, 0.4) is 0 Å². The number of rotatable bonds is 1. The first kappa shape index (κ1) is 12.2. The number of fused-ring (bicyclic) bond motifs is 2. The number of para-hydroxylation sites is 1. The van der Waals surface area contributed by atoms with Crippen molar-refractivity contribution in [3.8, 4) is 11.5 Å². The van der Waals surface area contributed by atoms with E-state index in [0.717, 1.165) is 24.3 Å². The number of hydrogen-bond donors (Lipinski definition) is 0. The van der Waals surface area contributed by atoms with Gasteiger partial charge in [0.2, 0.25) is 0 Å². The highest BCUT2D eigenvalue weighted by Gasteiger charge is 2.22. The van der Waals surface area contributed by atoms with Crippen LogP contribution in [0.2, 0.25) is 0 Å². The summed E-state index contributed by atoms with van der Waals surface area (Å²) in [6, 6.07) is 13.4. The van der Waals surface area contributed by atoms with Gasteiger partial charge in [-0.3, -0.25) is 4.79 Å². The van der Waals surface area contributed by atoms with Gasteiger partial charge in [-0.25, -0.2) is 0 Å². The zero-order chi connectivity index (χ0) is 14.2. The van der Waals surface area contributed by atoms with Crippen LogP contribution < -0.4 is 9.47 Å². The SMILES string of the molecule is O=C1/C(=C/c2ccc3c(c2)CCO3)COc2ccccc21. The van der Waals surface area contributed by atoms with Crippen LogP contribution in [-0.2, 0) is 6.42 Å². The van der Waals surface area contributed by atoms with Crippen molar-refractivity contribution < 1.29 is 14.3 Å². The van der Waals surface area contributed by atoms with Gasteiger partial charge in [0.25, 0.3) is 0 Å². The van der Waals surface area contributed by atoms with Gasteiger partial charge < -0.3 is 9.47 Å². The highest BCUT2D eigenvalue weighted by molar-refractivity contribution is 6.14. The largest absolute Gasteiger partial charge is 0.493 e. The van der Waals surface area contributed by atoms with Gasteiger partial charge in [0, 0.05) is 12.0 Å². The Morgan fingerprint density at radius 3 is 2.86 bits per heavy atom. The van der Waals surface area contributed by atoms with E-state index in [0.29, 0.717) is 23.5 Å². The Kier molecular flexibility index (Phi) is 2.78. The van der Waals surface area contributed by atoms with Crippen LogP contribution in [0.5, 0.6) is 11.5 Å². The molecule has 0 saturated heterocycles. The Hall–Kier alpha value is -2.55. The molecule has 0 spiro atoms. The zero-order valence-electron chi connectivity index (χ0n) is 11.5. The average Bonchev–Trinajstić information content (AvgIpc) is 2.98. The van der Waals surface area contributed by atoms with Gasteiger partial charge >= 0.3 is 0 Å². The molecular weight excluding hydrogens is 264 g/mol. The lowest BCUT2D eigenvalue weighted by Crippen LogP contribution is -2.18. The van der Waals surface area contributed by atoms with Crippen molar-refractivity contribution in [2.24, 2.45) is 0 Å². The fraction of sp³-hybridized carbons (Fsp3) is 0.167. The summed E-state index contributed by atoms with van der Waals surface area (Å²) in [5.41, 5.74) is 3.55. The van der Waals surface area contributed by atoms with Crippen LogP contribution in [0.25, 0.3) is 6.08 Å². The Labute approximate surface area is 122 Å². The van der Waals surface area contributed by atoms with E-state index >= 15 is 0 Å². The van der Waals surface area contributed by atoms with E-state index in [4.69, 9.17) is 9.47 Å². The molecule has 3 nitrogen and oxygen atoms in total. The van der Waals surface area contributed by atoms with E-state index in [1.165, 1.54) is 5.56 Å². The molecule has 2 aliphatic heterocycles. The van der Waals surface area contributed by atoms with E-state index in [-0.39, 0.29) is 5.78 Å². The Balaban J connectivity index is 1.69. The van der Waals surface area contributed by atoms with Crippen molar-refractivity contribution in [2.75, 3.05) is 13.2 Å². The summed E-state index contributed by atoms with van der Waals surface area (Å²) in [5.74, 6) is 1.67. The summed E-state index contributed by atoms with van der Waals surface area (Å²) in [6.07, 6.45) is 2.84. The third-order valence-corrected chi connectivity index (χ3v) is 3.86. The van der Waals surface area contributed by atoms with Crippen molar-refractivity contribution in [2.45, 2.75) is 6.42 Å². The second kappa shape index (κ2) is 4.77. The van der Waals surface area contributed by atoms with Crippen LogP contribution in [0.1, 0.15) is 21.5 Å². The van der Waals surface area contributed by atoms with Gasteiger partial charge in [-0.15, -0.1) is 0 Å². The number of carbonyl (C=O) groups is 1. The molecule has 0 unspecified atom stereocenters. The third kappa shape index (κ3) is 2.11. The number of carbonyl (C=O) groups excluding carboxylic acids is 1. The van der Waals surface area contributed by atoms with Crippen LogP contribution in [0, 0.1) is 0 Å². The zero-order valence-corrected chi connectivity index (χ0v) is 11.5. The molecule has 0 fully saturated rings. The standard InChI is InChI=1S/C18H14O3/c19-18-14(11-21-17-4-2-1-3-15(17)18)10-12-5-6-16-13(9-12)7-8-20-16/h1-6,9-10H,7-8,11H2/b14-10+. The molecule has 104 valence electrons. The molecule has 21 heavy (non-hydrogen) atoms. The molecule has 4 rings (SSSR count). The van der Waals surface area contributed by atoms with Gasteiger partial charge in [-0.2, -0.15) is 0 Å². The first-order chi connectivity index (χ1) is 10.3. The van der Waals surface area contributed by atoms with Crippen LogP contribution in [-0.4, -0.2) is 19.0 Å². The maximum absolute atomic E-state index is 12.5. The Morgan fingerprint density at radius 2 is 1.90 bits per heavy atom. The van der Waals surface area contributed by atoms with Gasteiger partial charge in [-0.1, -0.05) is 18.2 Å². The lowest BCUT2D eigenvalue weighted by Gasteiger charge is -2.18. The molecule has 0 radical (unpaired) electrons. The summed E-state index contributed by atoms with van der Waals surface area (Å²) >= 11 is 0. The number of ketones is 1. The molecule has 0 amide bonds. The van der Waals surface area contributed by atoms with Gasteiger partial charge in [-0.05, 0) is 41.5 Å². The number of benzene rings is 2. The van der Waals surface area contributed by atoms with Crippen molar-refractivity contribution in [1.82, 2.24) is 0 Å². The van der Waals surface area contributed by atoms with E-state index < -0.39 is 0 Å². The second-order valence-corrected chi connectivity index (χ2v) is 5.25. The van der Waals surface area contributed by atoms with E-state index in [9.17, 15) is 4.79 Å². The molecule has 0 atom stereocenters. The molecule has 0 N–H and O–H groups in total. The lowest BCUT2D eigenvalue weighted by molar-refractivity contribution is 0.100. The van der Waals surface area contributed by atoms with Crippen LogP contribution in [0.15, 0.2) is 48.0 Å². The smallest absolute Gasteiger partial charge is 0.196 e. The monoisotopic (exact) mass is 278 g/mol. The fourth-order valence-electron chi connectivity index (χ4n) is 2.78. The third-order valence-electron chi connectivity index (χ3n) is 3.86. The molecule has 0 aromatic heterocycles. The van der Waals surface area contributed by atoms with Crippen molar-refractivity contribution in [3.05, 3.63) is 64.7 Å².